The van der Waals surface area contributed by atoms with Crippen molar-refractivity contribution in [2.75, 3.05) is 16.8 Å². The number of hydrogen-bond acceptors (Lipinski definition) is 2. The topological polar surface area (TPSA) is 6.48 Å². The quantitative estimate of drug-likeness (QED) is 0.0747. The van der Waals surface area contributed by atoms with Crippen LogP contribution in [0.25, 0.3) is 33.4 Å². The van der Waals surface area contributed by atoms with Crippen molar-refractivity contribution in [3.05, 3.63) is 222 Å². The maximum Gasteiger partial charge on any atom is 0.0465 e. The highest BCUT2D eigenvalue weighted by molar-refractivity contribution is 5.87. The second-order valence-electron chi connectivity index (χ2n) is 19.9. The van der Waals surface area contributed by atoms with Gasteiger partial charge in [-0.15, -0.1) is 0 Å². The summed E-state index contributed by atoms with van der Waals surface area (Å²) in [5.41, 5.74) is 20.5. The van der Waals surface area contributed by atoms with E-state index in [0.29, 0.717) is 0 Å². The molecule has 0 heterocycles. The van der Waals surface area contributed by atoms with Crippen molar-refractivity contribution in [2.45, 2.75) is 110 Å². The number of fused-ring (bicyclic) bond motifs is 3. The Morgan fingerprint density at radius 1 is 0.397 bits per heavy atom. The average molecular weight is 891 g/mol. The molecule has 0 spiro atoms. The van der Waals surface area contributed by atoms with E-state index in [9.17, 15) is 0 Å². The van der Waals surface area contributed by atoms with Crippen molar-refractivity contribution in [1.29, 1.82) is 0 Å². The summed E-state index contributed by atoms with van der Waals surface area (Å²) < 4.78 is 0. The molecule has 8 aromatic rings. The van der Waals surface area contributed by atoms with Crippen LogP contribution in [0.2, 0.25) is 0 Å². The molecule has 0 amide bonds. The lowest BCUT2D eigenvalue weighted by atomic mass is 9.70. The van der Waals surface area contributed by atoms with Crippen LogP contribution in [0.4, 0.5) is 28.4 Å². The highest BCUT2D eigenvalue weighted by Crippen LogP contribution is 2.56. The van der Waals surface area contributed by atoms with E-state index >= 15 is 0 Å². The van der Waals surface area contributed by atoms with Crippen LogP contribution in [-0.2, 0) is 10.8 Å². The number of rotatable bonds is 19. The molecule has 8 aromatic carbocycles. The number of benzene rings is 8. The Kier molecular flexibility index (Phi) is 14.1. The molecule has 0 fully saturated rings. The smallest absolute Gasteiger partial charge is 0.0465 e. The van der Waals surface area contributed by atoms with Gasteiger partial charge in [-0.3, -0.25) is 0 Å². The van der Waals surface area contributed by atoms with E-state index in [1.165, 1.54) is 130 Å². The van der Waals surface area contributed by atoms with Gasteiger partial charge in [-0.2, -0.15) is 0 Å². The van der Waals surface area contributed by atoms with Gasteiger partial charge in [-0.25, -0.2) is 0 Å². The number of para-hydroxylation sites is 2. The van der Waals surface area contributed by atoms with Gasteiger partial charge in [0, 0.05) is 46.3 Å². The van der Waals surface area contributed by atoms with Gasteiger partial charge < -0.3 is 9.80 Å². The standard InChI is InChI=1S/C66H70N2/c1-7-9-11-19-45-66(46-20-12-10-8-2)63-47-59(67(6)56-21-15-13-16-22-56)41-43-61(63)62-44-42-60(48-64(62)66)68(57-23-17-14-18-24-57)58-39-33-53(34-40-58)52-31-37-55(38-32-52)65(4,5)54-35-29-51(30-36-54)50-27-25-49(3)26-28-50/h13-18,21-44,47-48H,7-12,19-20,45-46H2,1-6H3. The summed E-state index contributed by atoms with van der Waals surface area (Å²) in [5.74, 6) is 0. The van der Waals surface area contributed by atoms with Gasteiger partial charge in [0.25, 0.3) is 0 Å². The molecule has 0 atom stereocenters. The van der Waals surface area contributed by atoms with Crippen LogP contribution < -0.4 is 9.80 Å². The Labute approximate surface area is 408 Å². The maximum absolute atomic E-state index is 2.58. The number of nitrogens with zero attached hydrogens (tertiary/aromatic N) is 2. The van der Waals surface area contributed by atoms with E-state index in [1.54, 1.807) is 0 Å². The zero-order valence-electron chi connectivity index (χ0n) is 41.4. The lowest BCUT2D eigenvalue weighted by molar-refractivity contribution is 0.401. The van der Waals surface area contributed by atoms with E-state index in [1.807, 2.05) is 0 Å². The first-order valence-corrected chi connectivity index (χ1v) is 25.5. The van der Waals surface area contributed by atoms with Crippen LogP contribution in [0, 0.1) is 6.92 Å². The summed E-state index contributed by atoms with van der Waals surface area (Å²) in [6.45, 7) is 11.5. The van der Waals surface area contributed by atoms with Crippen LogP contribution in [0.3, 0.4) is 0 Å². The number of unbranched alkanes of at least 4 members (excludes halogenated alkanes) is 6. The molecule has 0 N–H and O–H groups in total. The van der Waals surface area contributed by atoms with Crippen molar-refractivity contribution < 1.29 is 0 Å². The van der Waals surface area contributed by atoms with Gasteiger partial charge in [-0.1, -0.05) is 218 Å². The molecule has 2 nitrogen and oxygen atoms in total. The Bertz CT molecular complexity index is 2860. The first kappa shape index (κ1) is 46.5. The largest absolute Gasteiger partial charge is 0.345 e. The van der Waals surface area contributed by atoms with Crippen molar-refractivity contribution in [3.8, 4) is 33.4 Å². The first-order valence-electron chi connectivity index (χ1n) is 25.5. The molecule has 2 heteroatoms. The maximum atomic E-state index is 2.58. The summed E-state index contributed by atoms with van der Waals surface area (Å²) in [4.78, 5) is 4.83. The third kappa shape index (κ3) is 9.57. The van der Waals surface area contributed by atoms with Gasteiger partial charge >= 0.3 is 0 Å². The Morgan fingerprint density at radius 3 is 1.28 bits per heavy atom. The normalized spacial score (nSPS) is 12.7. The molecule has 0 saturated carbocycles. The van der Waals surface area contributed by atoms with E-state index in [2.05, 4.69) is 246 Å². The minimum atomic E-state index is -0.134. The molecular formula is C66H70N2. The fraction of sp³-hybridized carbons (Fsp3) is 0.273. The number of aryl methyl sites for hydroxylation is 1. The molecule has 68 heavy (non-hydrogen) atoms. The average Bonchev–Trinajstić information content (AvgIpc) is 3.65. The summed E-state index contributed by atoms with van der Waals surface area (Å²) in [7, 11) is 2.22. The van der Waals surface area contributed by atoms with Crippen molar-refractivity contribution in [3.63, 3.8) is 0 Å². The summed E-state index contributed by atoms with van der Waals surface area (Å²) in [6.07, 6.45) is 12.4. The monoisotopic (exact) mass is 891 g/mol. The van der Waals surface area contributed by atoms with Crippen molar-refractivity contribution >= 4 is 28.4 Å². The zero-order valence-corrected chi connectivity index (χ0v) is 41.4. The lowest BCUT2D eigenvalue weighted by Gasteiger charge is -2.35. The Hall–Kier alpha value is -6.64. The predicted molar refractivity (Wildman–Crippen MR) is 294 cm³/mol. The van der Waals surface area contributed by atoms with Gasteiger partial charge in [0.15, 0.2) is 0 Å². The Balaban J connectivity index is 1.05. The Morgan fingerprint density at radius 2 is 0.794 bits per heavy atom. The summed E-state index contributed by atoms with van der Waals surface area (Å²) in [6, 6.07) is 72.8. The second-order valence-corrected chi connectivity index (χ2v) is 19.9. The highest BCUT2D eigenvalue weighted by Gasteiger charge is 2.43. The third-order valence-corrected chi connectivity index (χ3v) is 15.1. The van der Waals surface area contributed by atoms with E-state index in [4.69, 9.17) is 0 Å². The minimum absolute atomic E-state index is 0.0620. The molecule has 0 saturated heterocycles. The fourth-order valence-corrected chi connectivity index (χ4v) is 10.9. The van der Waals surface area contributed by atoms with E-state index < -0.39 is 0 Å². The minimum Gasteiger partial charge on any atom is -0.345 e. The number of anilines is 5. The summed E-state index contributed by atoms with van der Waals surface area (Å²) in [5, 5.41) is 0. The molecule has 0 aliphatic heterocycles. The predicted octanol–water partition coefficient (Wildman–Crippen LogP) is 19.1. The molecule has 1 aliphatic rings. The summed E-state index contributed by atoms with van der Waals surface area (Å²) >= 11 is 0. The fourth-order valence-electron chi connectivity index (χ4n) is 10.9. The molecule has 0 radical (unpaired) electrons. The van der Waals surface area contributed by atoms with Gasteiger partial charge in [0.1, 0.15) is 0 Å². The number of hydrogen-bond donors (Lipinski definition) is 0. The lowest BCUT2D eigenvalue weighted by Crippen LogP contribution is -2.26. The van der Waals surface area contributed by atoms with Crippen LogP contribution in [0.5, 0.6) is 0 Å². The molecule has 0 bridgehead atoms. The van der Waals surface area contributed by atoms with Gasteiger partial charge in [0.2, 0.25) is 0 Å². The third-order valence-electron chi connectivity index (χ3n) is 15.1. The van der Waals surface area contributed by atoms with Crippen LogP contribution in [0.15, 0.2) is 194 Å². The molecule has 0 aromatic heterocycles. The first-order chi connectivity index (χ1) is 33.2. The van der Waals surface area contributed by atoms with Crippen LogP contribution in [0.1, 0.15) is 120 Å². The van der Waals surface area contributed by atoms with Crippen molar-refractivity contribution in [1.82, 2.24) is 0 Å². The molecule has 1 aliphatic carbocycles. The molecular weight excluding hydrogens is 821 g/mol. The van der Waals surface area contributed by atoms with E-state index in [0.717, 1.165) is 24.2 Å². The zero-order chi connectivity index (χ0) is 47.1. The van der Waals surface area contributed by atoms with E-state index in [-0.39, 0.29) is 10.8 Å². The van der Waals surface area contributed by atoms with Gasteiger partial charge in [0.05, 0.1) is 0 Å². The molecule has 344 valence electrons. The van der Waals surface area contributed by atoms with Crippen molar-refractivity contribution in [2.24, 2.45) is 0 Å². The SMILES string of the molecule is CCCCCCC1(CCCCCC)c2cc(N(C)c3ccccc3)ccc2-c2ccc(N(c3ccccc3)c3ccc(-c4ccc(C(C)(C)c5ccc(-c6ccc(C)cc6)cc5)cc4)cc3)cc21. The van der Waals surface area contributed by atoms with Gasteiger partial charge in [-0.05, 0) is 136 Å². The highest BCUT2D eigenvalue weighted by atomic mass is 15.1. The molecule has 0 unspecified atom stereocenters. The molecule has 9 rings (SSSR count). The van der Waals surface area contributed by atoms with Crippen LogP contribution >= 0.6 is 0 Å². The second kappa shape index (κ2) is 20.7. The van der Waals surface area contributed by atoms with Crippen LogP contribution in [-0.4, -0.2) is 7.05 Å².